The number of halogens is 2. The molecule has 0 amide bonds. The van der Waals surface area contributed by atoms with Crippen molar-refractivity contribution in [2.45, 2.75) is 46.6 Å². The molecule has 0 aliphatic heterocycles. The number of nitrogens with one attached hydrogen (secondary N) is 1. The summed E-state index contributed by atoms with van der Waals surface area (Å²) >= 11 is 11.9. The molecular weight excluding hydrogens is 311 g/mol. The van der Waals surface area contributed by atoms with Gasteiger partial charge in [-0.25, -0.2) is 0 Å². The zero-order valence-electron chi connectivity index (χ0n) is 12.9. The third-order valence-corrected chi connectivity index (χ3v) is 4.15. The highest BCUT2D eigenvalue weighted by Crippen LogP contribution is 2.33. The number of nitro benzene ring substituents is 1. The van der Waals surface area contributed by atoms with E-state index in [1.807, 2.05) is 0 Å². The lowest BCUT2D eigenvalue weighted by molar-refractivity contribution is -0.385. The molecule has 0 radical (unpaired) electrons. The van der Waals surface area contributed by atoms with Crippen molar-refractivity contribution in [1.29, 1.82) is 0 Å². The molecule has 0 bridgehead atoms. The van der Waals surface area contributed by atoms with Crippen molar-refractivity contribution in [3.63, 3.8) is 0 Å². The second-order valence-corrected chi connectivity index (χ2v) is 7.04. The van der Waals surface area contributed by atoms with Crippen LogP contribution in [0.15, 0.2) is 12.1 Å². The zero-order valence-corrected chi connectivity index (χ0v) is 14.4. The van der Waals surface area contributed by atoms with E-state index in [1.165, 1.54) is 6.07 Å². The van der Waals surface area contributed by atoms with Gasteiger partial charge in [-0.1, -0.05) is 50.9 Å². The molecule has 1 aromatic rings. The van der Waals surface area contributed by atoms with E-state index in [1.54, 1.807) is 6.07 Å². The fourth-order valence-corrected chi connectivity index (χ4v) is 2.48. The average molecular weight is 333 g/mol. The van der Waals surface area contributed by atoms with Crippen LogP contribution >= 0.6 is 23.2 Å². The molecule has 0 fully saturated rings. The topological polar surface area (TPSA) is 55.2 Å². The molecule has 0 saturated carbocycles. The Kier molecular flexibility index (Phi) is 6.44. The first-order valence-corrected chi connectivity index (χ1v) is 7.78. The van der Waals surface area contributed by atoms with Gasteiger partial charge in [-0.2, -0.15) is 0 Å². The largest absolute Gasteiger partial charge is 0.313 e. The molecule has 0 aromatic heterocycles. The van der Waals surface area contributed by atoms with Crippen molar-refractivity contribution in [3.8, 4) is 0 Å². The molecule has 0 heterocycles. The van der Waals surface area contributed by atoms with Gasteiger partial charge in [0.1, 0.15) is 0 Å². The summed E-state index contributed by atoms with van der Waals surface area (Å²) in [6, 6.07) is 3.06. The SMILES string of the molecule is CCCNC(Cc1cc(Cl)c(Cl)cc1[N+](=O)[O-])C(C)(C)C. The van der Waals surface area contributed by atoms with Crippen LogP contribution < -0.4 is 5.32 Å². The molecule has 1 unspecified atom stereocenters. The monoisotopic (exact) mass is 332 g/mol. The summed E-state index contributed by atoms with van der Waals surface area (Å²) < 4.78 is 0. The van der Waals surface area contributed by atoms with Crippen molar-refractivity contribution in [2.24, 2.45) is 5.41 Å². The molecule has 0 aliphatic rings. The molecule has 1 N–H and O–H groups in total. The predicted octanol–water partition coefficient (Wildman–Crippen LogP) is 4.86. The van der Waals surface area contributed by atoms with E-state index in [4.69, 9.17) is 23.2 Å². The van der Waals surface area contributed by atoms with Gasteiger partial charge in [-0.3, -0.25) is 10.1 Å². The van der Waals surface area contributed by atoms with Crippen LogP contribution in [-0.4, -0.2) is 17.5 Å². The lowest BCUT2D eigenvalue weighted by atomic mass is 9.82. The van der Waals surface area contributed by atoms with Gasteiger partial charge in [0.15, 0.2) is 0 Å². The highest BCUT2D eigenvalue weighted by Gasteiger charge is 2.27. The molecule has 1 rings (SSSR count). The summed E-state index contributed by atoms with van der Waals surface area (Å²) in [5, 5.41) is 15.2. The maximum absolute atomic E-state index is 11.2. The zero-order chi connectivity index (χ0) is 16.2. The molecule has 1 atom stereocenters. The molecule has 6 heteroatoms. The van der Waals surface area contributed by atoms with Crippen molar-refractivity contribution < 1.29 is 4.92 Å². The number of hydrogen-bond donors (Lipinski definition) is 1. The van der Waals surface area contributed by atoms with Gasteiger partial charge >= 0.3 is 0 Å². The molecule has 21 heavy (non-hydrogen) atoms. The van der Waals surface area contributed by atoms with Gasteiger partial charge in [-0.05, 0) is 30.9 Å². The number of nitro groups is 1. The van der Waals surface area contributed by atoms with Crippen LogP contribution in [0.25, 0.3) is 0 Å². The van der Waals surface area contributed by atoms with Crippen LogP contribution in [-0.2, 0) is 6.42 Å². The second kappa shape index (κ2) is 7.43. The maximum atomic E-state index is 11.2. The third-order valence-electron chi connectivity index (χ3n) is 3.43. The Morgan fingerprint density at radius 3 is 2.33 bits per heavy atom. The van der Waals surface area contributed by atoms with Gasteiger partial charge in [0.2, 0.25) is 0 Å². The first-order chi connectivity index (χ1) is 9.66. The van der Waals surface area contributed by atoms with Gasteiger partial charge in [0, 0.05) is 17.7 Å². The van der Waals surface area contributed by atoms with Crippen LogP contribution in [0.1, 0.15) is 39.7 Å². The van der Waals surface area contributed by atoms with Gasteiger partial charge < -0.3 is 5.32 Å². The predicted molar refractivity (Wildman–Crippen MR) is 88.4 cm³/mol. The Balaban J connectivity index is 3.13. The standard InChI is InChI=1S/C15H22Cl2N2O2/c1-5-6-18-14(15(2,3)4)8-10-7-11(16)12(17)9-13(10)19(20)21/h7,9,14,18H,5-6,8H2,1-4H3. The normalized spacial score (nSPS) is 13.2. The Hall–Kier alpha value is -0.840. The Bertz CT molecular complexity index is 513. The number of nitrogens with zero attached hydrogens (tertiary/aromatic N) is 1. The van der Waals surface area contributed by atoms with Gasteiger partial charge in [0.25, 0.3) is 5.69 Å². The second-order valence-electron chi connectivity index (χ2n) is 6.23. The summed E-state index contributed by atoms with van der Waals surface area (Å²) in [5.74, 6) is 0. The van der Waals surface area contributed by atoms with Crippen molar-refractivity contribution >= 4 is 28.9 Å². The Morgan fingerprint density at radius 1 is 1.29 bits per heavy atom. The first kappa shape index (κ1) is 18.2. The fraction of sp³-hybridized carbons (Fsp3) is 0.600. The van der Waals surface area contributed by atoms with Crippen molar-refractivity contribution in [3.05, 3.63) is 37.9 Å². The number of hydrogen-bond acceptors (Lipinski definition) is 3. The minimum Gasteiger partial charge on any atom is -0.313 e. The van der Waals surface area contributed by atoms with Crippen molar-refractivity contribution in [2.75, 3.05) is 6.54 Å². The van der Waals surface area contributed by atoms with Crippen LogP contribution in [0.4, 0.5) is 5.69 Å². The summed E-state index contributed by atoms with van der Waals surface area (Å²) in [7, 11) is 0. The highest BCUT2D eigenvalue weighted by molar-refractivity contribution is 6.42. The lowest BCUT2D eigenvalue weighted by Gasteiger charge is -2.32. The minimum absolute atomic E-state index is 0.0187. The summed E-state index contributed by atoms with van der Waals surface area (Å²) in [4.78, 5) is 10.8. The van der Waals surface area contributed by atoms with E-state index >= 15 is 0 Å². The quantitative estimate of drug-likeness (QED) is 0.597. The maximum Gasteiger partial charge on any atom is 0.274 e. The first-order valence-electron chi connectivity index (χ1n) is 7.02. The molecule has 4 nitrogen and oxygen atoms in total. The average Bonchev–Trinajstić information content (AvgIpc) is 2.36. The van der Waals surface area contributed by atoms with E-state index in [0.717, 1.165) is 13.0 Å². The summed E-state index contributed by atoms with van der Waals surface area (Å²) in [5.41, 5.74) is 0.615. The van der Waals surface area contributed by atoms with E-state index in [0.29, 0.717) is 17.0 Å². The van der Waals surface area contributed by atoms with E-state index < -0.39 is 4.92 Å². The molecule has 0 aliphatic carbocycles. The van der Waals surface area contributed by atoms with E-state index in [-0.39, 0.29) is 22.2 Å². The summed E-state index contributed by atoms with van der Waals surface area (Å²) in [6.45, 7) is 9.31. The van der Waals surface area contributed by atoms with Crippen LogP contribution in [0, 0.1) is 15.5 Å². The molecule has 1 aromatic carbocycles. The lowest BCUT2D eigenvalue weighted by Crippen LogP contribution is -2.42. The number of benzene rings is 1. The van der Waals surface area contributed by atoms with Crippen molar-refractivity contribution in [1.82, 2.24) is 5.32 Å². The minimum atomic E-state index is -0.406. The molecule has 118 valence electrons. The summed E-state index contributed by atoms with van der Waals surface area (Å²) in [6.07, 6.45) is 1.55. The Morgan fingerprint density at radius 2 is 1.86 bits per heavy atom. The smallest absolute Gasteiger partial charge is 0.274 e. The fourth-order valence-electron chi connectivity index (χ4n) is 2.13. The van der Waals surface area contributed by atoms with E-state index in [2.05, 4.69) is 33.0 Å². The molecule has 0 spiro atoms. The van der Waals surface area contributed by atoms with Crippen LogP contribution in [0.2, 0.25) is 10.0 Å². The van der Waals surface area contributed by atoms with Crippen LogP contribution in [0.3, 0.4) is 0 Å². The van der Waals surface area contributed by atoms with E-state index in [9.17, 15) is 10.1 Å². The molecular formula is C15H22Cl2N2O2. The van der Waals surface area contributed by atoms with Gasteiger partial charge in [0.05, 0.1) is 15.0 Å². The number of rotatable bonds is 6. The molecule has 0 saturated heterocycles. The Labute approximate surface area is 136 Å². The highest BCUT2D eigenvalue weighted by atomic mass is 35.5. The van der Waals surface area contributed by atoms with Crippen LogP contribution in [0.5, 0.6) is 0 Å². The third kappa shape index (κ3) is 5.13. The van der Waals surface area contributed by atoms with Gasteiger partial charge in [-0.15, -0.1) is 0 Å².